The average molecular weight is 361 g/mol. The smallest absolute Gasteiger partial charge is 0.241 e. The zero-order chi connectivity index (χ0) is 18.0. The first-order valence-corrected chi connectivity index (χ1v) is 8.89. The molecule has 1 atom stereocenters. The second-order valence-electron chi connectivity index (χ2n) is 5.51. The van der Waals surface area contributed by atoms with Gasteiger partial charge in [-0.1, -0.05) is 18.2 Å². The average Bonchev–Trinajstić information content (AvgIpc) is 2.97. The molecule has 0 fully saturated rings. The predicted octanol–water partition coefficient (Wildman–Crippen LogP) is 0.946. The van der Waals surface area contributed by atoms with Gasteiger partial charge in [0, 0.05) is 17.1 Å². The van der Waals surface area contributed by atoms with Crippen molar-refractivity contribution in [2.75, 3.05) is 0 Å². The highest BCUT2D eigenvalue weighted by atomic mass is 32.2. The Balaban J connectivity index is 1.86. The van der Waals surface area contributed by atoms with E-state index in [1.807, 2.05) is 18.2 Å². The first-order valence-electron chi connectivity index (χ1n) is 7.40. The zero-order valence-electron chi connectivity index (χ0n) is 12.9. The molecule has 0 amide bonds. The SMILES string of the molecule is O=C([O-])[C@@H](Cc1c[nH]c2ccccc12)NS(=O)(=O)c1ccc(F)cc1. The number of aliphatic carboxylic acids is 1. The molecule has 6 nitrogen and oxygen atoms in total. The van der Waals surface area contributed by atoms with E-state index < -0.39 is 27.9 Å². The molecule has 0 aliphatic heterocycles. The number of carbonyl (C=O) groups is 1. The summed E-state index contributed by atoms with van der Waals surface area (Å²) in [5.41, 5.74) is 1.46. The summed E-state index contributed by atoms with van der Waals surface area (Å²) in [6, 6.07) is 9.91. The second-order valence-corrected chi connectivity index (χ2v) is 7.22. The summed E-state index contributed by atoms with van der Waals surface area (Å²) in [6.07, 6.45) is 1.54. The lowest BCUT2D eigenvalue weighted by Crippen LogP contribution is -2.49. The zero-order valence-corrected chi connectivity index (χ0v) is 13.7. The van der Waals surface area contributed by atoms with E-state index in [0.29, 0.717) is 5.56 Å². The maximum Gasteiger partial charge on any atom is 0.241 e. The third-order valence-electron chi connectivity index (χ3n) is 3.80. The van der Waals surface area contributed by atoms with E-state index in [9.17, 15) is 22.7 Å². The number of hydrogen-bond acceptors (Lipinski definition) is 4. The number of benzene rings is 2. The summed E-state index contributed by atoms with van der Waals surface area (Å²) in [5, 5.41) is 12.2. The first-order chi connectivity index (χ1) is 11.9. The van der Waals surface area contributed by atoms with Crippen LogP contribution in [0.15, 0.2) is 59.6 Å². The molecule has 0 aliphatic carbocycles. The Labute approximate surface area is 143 Å². The van der Waals surface area contributed by atoms with E-state index in [4.69, 9.17) is 0 Å². The number of carboxylic acid groups (broad SMARTS) is 1. The summed E-state index contributed by atoms with van der Waals surface area (Å²) >= 11 is 0. The Hall–Kier alpha value is -2.71. The Morgan fingerprint density at radius 2 is 1.84 bits per heavy atom. The van der Waals surface area contributed by atoms with Gasteiger partial charge in [0.1, 0.15) is 5.82 Å². The number of sulfonamides is 1. The van der Waals surface area contributed by atoms with Crippen LogP contribution in [-0.4, -0.2) is 25.4 Å². The molecule has 8 heteroatoms. The van der Waals surface area contributed by atoms with Gasteiger partial charge in [0.05, 0.1) is 16.9 Å². The fraction of sp³-hybridized carbons (Fsp3) is 0.118. The molecule has 3 rings (SSSR count). The van der Waals surface area contributed by atoms with Gasteiger partial charge in [-0.15, -0.1) is 0 Å². The number of carboxylic acids is 1. The summed E-state index contributed by atoms with van der Waals surface area (Å²) in [5.74, 6) is -2.13. The molecular weight excluding hydrogens is 347 g/mol. The lowest BCUT2D eigenvalue weighted by molar-refractivity contribution is -0.307. The van der Waals surface area contributed by atoms with Crippen molar-refractivity contribution in [1.82, 2.24) is 9.71 Å². The van der Waals surface area contributed by atoms with Gasteiger partial charge < -0.3 is 14.9 Å². The molecule has 130 valence electrons. The normalized spacial score (nSPS) is 13.0. The van der Waals surface area contributed by atoms with Crippen LogP contribution in [0.3, 0.4) is 0 Å². The maximum atomic E-state index is 12.9. The van der Waals surface area contributed by atoms with Crippen molar-refractivity contribution in [3.05, 3.63) is 66.1 Å². The van der Waals surface area contributed by atoms with Crippen LogP contribution in [-0.2, 0) is 21.2 Å². The highest BCUT2D eigenvalue weighted by Crippen LogP contribution is 2.20. The van der Waals surface area contributed by atoms with E-state index >= 15 is 0 Å². The highest BCUT2D eigenvalue weighted by Gasteiger charge is 2.22. The van der Waals surface area contributed by atoms with Crippen molar-refractivity contribution < 1.29 is 22.7 Å². The van der Waals surface area contributed by atoms with E-state index in [1.54, 1.807) is 12.3 Å². The highest BCUT2D eigenvalue weighted by molar-refractivity contribution is 7.89. The van der Waals surface area contributed by atoms with Crippen molar-refractivity contribution in [2.45, 2.75) is 17.4 Å². The summed E-state index contributed by atoms with van der Waals surface area (Å²) in [6.45, 7) is 0. The third-order valence-corrected chi connectivity index (χ3v) is 5.29. The Morgan fingerprint density at radius 1 is 1.16 bits per heavy atom. The molecule has 0 unspecified atom stereocenters. The Bertz CT molecular complexity index is 1010. The van der Waals surface area contributed by atoms with Crippen molar-refractivity contribution in [3.8, 4) is 0 Å². The van der Waals surface area contributed by atoms with Crippen LogP contribution in [0.5, 0.6) is 0 Å². The number of halogens is 1. The van der Waals surface area contributed by atoms with Gasteiger partial charge >= 0.3 is 0 Å². The Morgan fingerprint density at radius 3 is 2.52 bits per heavy atom. The van der Waals surface area contributed by atoms with Crippen molar-refractivity contribution in [3.63, 3.8) is 0 Å². The molecule has 2 aromatic carbocycles. The van der Waals surface area contributed by atoms with Crippen LogP contribution in [0, 0.1) is 5.82 Å². The molecule has 1 heterocycles. The lowest BCUT2D eigenvalue weighted by Gasteiger charge is -2.19. The lowest BCUT2D eigenvalue weighted by atomic mass is 10.1. The molecule has 0 saturated carbocycles. The maximum absolute atomic E-state index is 12.9. The van der Waals surface area contributed by atoms with Gasteiger partial charge in [-0.3, -0.25) is 0 Å². The minimum Gasteiger partial charge on any atom is -0.548 e. The first kappa shape index (κ1) is 17.1. The van der Waals surface area contributed by atoms with Gasteiger partial charge in [-0.25, -0.2) is 17.5 Å². The van der Waals surface area contributed by atoms with Crippen molar-refractivity contribution >= 4 is 26.9 Å². The molecule has 0 saturated heterocycles. The topological polar surface area (TPSA) is 102 Å². The number of carbonyl (C=O) groups excluding carboxylic acids is 1. The van der Waals surface area contributed by atoms with Crippen molar-refractivity contribution in [1.29, 1.82) is 0 Å². The molecular formula is C17H14FN2O4S-. The summed E-state index contributed by atoms with van der Waals surface area (Å²) in [4.78, 5) is 14.2. The molecule has 2 N–H and O–H groups in total. The fourth-order valence-corrected chi connectivity index (χ4v) is 3.75. The molecule has 0 spiro atoms. The van der Waals surface area contributed by atoms with Crippen LogP contribution >= 0.6 is 0 Å². The van der Waals surface area contributed by atoms with E-state index in [1.165, 1.54) is 0 Å². The number of H-pyrrole nitrogens is 1. The van der Waals surface area contributed by atoms with Crippen LogP contribution in [0.1, 0.15) is 5.56 Å². The van der Waals surface area contributed by atoms with Crippen molar-refractivity contribution in [2.24, 2.45) is 0 Å². The predicted molar refractivity (Wildman–Crippen MR) is 87.5 cm³/mol. The minimum absolute atomic E-state index is 0.0905. The molecule has 1 aromatic heterocycles. The Kier molecular flexibility index (Phi) is 4.56. The number of rotatable bonds is 6. The van der Waals surface area contributed by atoms with Crippen LogP contribution in [0.4, 0.5) is 4.39 Å². The van der Waals surface area contributed by atoms with E-state index in [-0.39, 0.29) is 11.3 Å². The monoisotopic (exact) mass is 361 g/mol. The largest absolute Gasteiger partial charge is 0.548 e. The van der Waals surface area contributed by atoms with Gasteiger partial charge in [0.25, 0.3) is 0 Å². The number of nitrogens with one attached hydrogen (secondary N) is 2. The van der Waals surface area contributed by atoms with Gasteiger partial charge in [-0.05, 0) is 42.3 Å². The molecule has 0 aliphatic rings. The molecule has 25 heavy (non-hydrogen) atoms. The van der Waals surface area contributed by atoms with Crippen LogP contribution < -0.4 is 9.83 Å². The van der Waals surface area contributed by atoms with Crippen LogP contribution in [0.25, 0.3) is 10.9 Å². The molecule has 3 aromatic rings. The minimum atomic E-state index is -4.13. The molecule has 0 radical (unpaired) electrons. The van der Waals surface area contributed by atoms with Gasteiger partial charge in [0.15, 0.2) is 0 Å². The number of para-hydroxylation sites is 1. The number of fused-ring (bicyclic) bond motifs is 1. The van der Waals surface area contributed by atoms with E-state index in [2.05, 4.69) is 9.71 Å². The third kappa shape index (κ3) is 3.70. The number of aromatic nitrogens is 1. The van der Waals surface area contributed by atoms with E-state index in [0.717, 1.165) is 35.2 Å². The number of hydrogen-bond donors (Lipinski definition) is 2. The quantitative estimate of drug-likeness (QED) is 0.682. The standard InChI is InChI=1S/C17H15FN2O4S/c18-12-5-7-13(8-6-12)25(23,24)20-16(17(21)22)9-11-10-19-15-4-2-1-3-14(11)15/h1-8,10,16,19-20H,9H2,(H,21,22)/p-1/t16-/m1/s1. The van der Waals surface area contributed by atoms with Gasteiger partial charge in [-0.2, -0.15) is 0 Å². The summed E-state index contributed by atoms with van der Waals surface area (Å²) < 4.78 is 39.7. The fourth-order valence-electron chi connectivity index (χ4n) is 2.56. The second kappa shape index (κ2) is 6.66. The van der Waals surface area contributed by atoms with Crippen LogP contribution in [0.2, 0.25) is 0 Å². The summed E-state index contributed by atoms with van der Waals surface area (Å²) in [7, 11) is -4.13. The molecule has 0 bridgehead atoms. The van der Waals surface area contributed by atoms with Gasteiger partial charge in [0.2, 0.25) is 10.0 Å². The number of aromatic amines is 1.